The van der Waals surface area contributed by atoms with Crippen molar-refractivity contribution in [1.29, 1.82) is 0 Å². The molecule has 1 fully saturated rings. The first-order chi connectivity index (χ1) is 14.4. The fourth-order valence-corrected chi connectivity index (χ4v) is 3.16. The summed E-state index contributed by atoms with van der Waals surface area (Å²) >= 11 is 0. The lowest BCUT2D eigenvalue weighted by Crippen LogP contribution is -2.25. The van der Waals surface area contributed by atoms with Crippen LogP contribution in [0.2, 0.25) is 0 Å². The summed E-state index contributed by atoms with van der Waals surface area (Å²) in [6, 6.07) is 9.22. The molecule has 0 saturated heterocycles. The van der Waals surface area contributed by atoms with Crippen LogP contribution in [0.3, 0.4) is 0 Å². The number of hydrogen-bond acceptors (Lipinski definition) is 5. The van der Waals surface area contributed by atoms with Crippen LogP contribution >= 0.6 is 0 Å². The van der Waals surface area contributed by atoms with E-state index in [1.165, 1.54) is 18.2 Å². The minimum absolute atomic E-state index is 0.165. The SMILES string of the molecule is Cc1nccn1-c1ccc(CNc2ccc(C(=O)NC3CC3)cc2[N+](=O)[O-])cc1F. The molecule has 2 aromatic carbocycles. The number of imidazole rings is 1. The normalized spacial score (nSPS) is 13.1. The molecule has 1 aromatic heterocycles. The fourth-order valence-electron chi connectivity index (χ4n) is 3.16. The Kier molecular flexibility index (Phi) is 5.18. The highest BCUT2D eigenvalue weighted by molar-refractivity contribution is 5.96. The Labute approximate surface area is 171 Å². The van der Waals surface area contributed by atoms with E-state index in [-0.39, 0.29) is 35.4 Å². The van der Waals surface area contributed by atoms with E-state index in [2.05, 4.69) is 15.6 Å². The number of amides is 1. The van der Waals surface area contributed by atoms with Crippen LogP contribution in [0, 0.1) is 22.9 Å². The minimum Gasteiger partial charge on any atom is -0.375 e. The van der Waals surface area contributed by atoms with Gasteiger partial charge in [-0.1, -0.05) is 6.07 Å². The third kappa shape index (κ3) is 4.14. The molecule has 1 aliphatic carbocycles. The van der Waals surface area contributed by atoms with Gasteiger partial charge in [-0.15, -0.1) is 0 Å². The number of anilines is 1. The van der Waals surface area contributed by atoms with Gasteiger partial charge in [0.2, 0.25) is 0 Å². The Bertz CT molecular complexity index is 1120. The maximum atomic E-state index is 14.5. The van der Waals surface area contributed by atoms with Gasteiger partial charge >= 0.3 is 0 Å². The molecule has 8 nitrogen and oxygen atoms in total. The molecule has 0 aliphatic heterocycles. The predicted molar refractivity (Wildman–Crippen MR) is 109 cm³/mol. The van der Waals surface area contributed by atoms with E-state index in [0.717, 1.165) is 12.8 Å². The number of nitrogens with zero attached hydrogens (tertiary/aromatic N) is 3. The van der Waals surface area contributed by atoms with Crippen molar-refractivity contribution < 1.29 is 14.1 Å². The molecule has 1 amide bonds. The minimum atomic E-state index is -0.540. The monoisotopic (exact) mass is 409 g/mol. The number of carbonyl (C=O) groups is 1. The first-order valence-corrected chi connectivity index (χ1v) is 9.54. The van der Waals surface area contributed by atoms with Crippen molar-refractivity contribution in [3.8, 4) is 5.69 Å². The summed E-state index contributed by atoms with van der Waals surface area (Å²) < 4.78 is 16.2. The van der Waals surface area contributed by atoms with E-state index >= 15 is 0 Å². The summed E-state index contributed by atoms with van der Waals surface area (Å²) in [5.74, 6) is -0.0715. The molecule has 2 N–H and O–H groups in total. The van der Waals surface area contributed by atoms with Gasteiger partial charge < -0.3 is 15.2 Å². The van der Waals surface area contributed by atoms with Crippen LogP contribution in [0.5, 0.6) is 0 Å². The number of hydrogen-bond donors (Lipinski definition) is 2. The van der Waals surface area contributed by atoms with Crippen molar-refractivity contribution in [2.45, 2.75) is 32.4 Å². The van der Waals surface area contributed by atoms with Gasteiger partial charge in [0.25, 0.3) is 11.6 Å². The van der Waals surface area contributed by atoms with Crippen LogP contribution in [0.1, 0.15) is 34.6 Å². The van der Waals surface area contributed by atoms with Crippen LogP contribution in [0.4, 0.5) is 15.8 Å². The van der Waals surface area contributed by atoms with Gasteiger partial charge in [-0.3, -0.25) is 14.9 Å². The molecule has 0 bridgehead atoms. The highest BCUT2D eigenvalue weighted by Crippen LogP contribution is 2.27. The van der Waals surface area contributed by atoms with Gasteiger partial charge in [-0.25, -0.2) is 9.37 Å². The molecule has 1 heterocycles. The lowest BCUT2D eigenvalue weighted by atomic mass is 10.1. The number of carbonyl (C=O) groups excluding carboxylic acids is 1. The first kappa shape index (κ1) is 19.6. The number of halogens is 1. The van der Waals surface area contributed by atoms with Gasteiger partial charge in [0.05, 0.1) is 10.6 Å². The molecule has 9 heteroatoms. The molecule has 0 radical (unpaired) electrons. The van der Waals surface area contributed by atoms with Gasteiger partial charge in [-0.2, -0.15) is 0 Å². The number of aryl methyl sites for hydroxylation is 1. The number of nitrogens with one attached hydrogen (secondary N) is 2. The van der Waals surface area contributed by atoms with Crippen molar-refractivity contribution in [3.63, 3.8) is 0 Å². The fraction of sp³-hybridized carbons (Fsp3) is 0.238. The Balaban J connectivity index is 1.50. The standard InChI is InChI=1S/C21H20FN5O3/c1-13-23-8-9-26(13)19-7-2-14(10-17(19)22)12-24-18-6-3-15(11-20(18)27(29)30)21(28)25-16-4-5-16/h2-3,6-11,16,24H,4-5,12H2,1H3,(H,25,28). The maximum Gasteiger partial charge on any atom is 0.293 e. The van der Waals surface area contributed by atoms with Crippen molar-refractivity contribution in [2.24, 2.45) is 0 Å². The highest BCUT2D eigenvalue weighted by Gasteiger charge is 2.25. The summed E-state index contributed by atoms with van der Waals surface area (Å²) in [6.45, 7) is 1.97. The zero-order chi connectivity index (χ0) is 21.3. The van der Waals surface area contributed by atoms with Crippen LogP contribution in [0.15, 0.2) is 48.8 Å². The number of nitro benzene ring substituents is 1. The molecule has 1 aliphatic rings. The second-order valence-electron chi connectivity index (χ2n) is 7.22. The van der Waals surface area contributed by atoms with E-state index < -0.39 is 10.7 Å². The maximum absolute atomic E-state index is 14.5. The smallest absolute Gasteiger partial charge is 0.293 e. The molecule has 0 spiro atoms. The van der Waals surface area contributed by atoms with E-state index in [1.807, 2.05) is 0 Å². The van der Waals surface area contributed by atoms with E-state index in [0.29, 0.717) is 17.1 Å². The van der Waals surface area contributed by atoms with Crippen molar-refractivity contribution >= 4 is 17.3 Å². The van der Waals surface area contributed by atoms with Crippen molar-refractivity contribution in [3.05, 3.63) is 81.7 Å². The summed E-state index contributed by atoms with van der Waals surface area (Å²) in [4.78, 5) is 27.2. The molecule has 1 saturated carbocycles. The quantitative estimate of drug-likeness (QED) is 0.457. The number of aromatic nitrogens is 2. The Morgan fingerprint density at radius 2 is 2.10 bits per heavy atom. The molecule has 0 unspecified atom stereocenters. The summed E-state index contributed by atoms with van der Waals surface area (Å²) in [6.07, 6.45) is 5.14. The van der Waals surface area contributed by atoms with E-state index in [1.54, 1.807) is 42.1 Å². The zero-order valence-electron chi connectivity index (χ0n) is 16.3. The summed E-state index contributed by atoms with van der Waals surface area (Å²) in [7, 11) is 0. The van der Waals surface area contributed by atoms with E-state index in [4.69, 9.17) is 0 Å². The molecule has 0 atom stereocenters. The second kappa shape index (κ2) is 7.94. The third-order valence-electron chi connectivity index (χ3n) is 4.95. The first-order valence-electron chi connectivity index (χ1n) is 9.54. The molecule has 4 rings (SSSR count). The molecule has 3 aromatic rings. The Morgan fingerprint density at radius 1 is 1.30 bits per heavy atom. The van der Waals surface area contributed by atoms with Gasteiger partial charge in [-0.05, 0) is 49.6 Å². The van der Waals surface area contributed by atoms with E-state index in [9.17, 15) is 19.3 Å². The van der Waals surface area contributed by atoms with Gasteiger partial charge in [0.15, 0.2) is 0 Å². The number of rotatable bonds is 7. The van der Waals surface area contributed by atoms with Crippen molar-refractivity contribution in [1.82, 2.24) is 14.9 Å². The zero-order valence-corrected chi connectivity index (χ0v) is 16.3. The Morgan fingerprint density at radius 3 is 2.73 bits per heavy atom. The average Bonchev–Trinajstić information content (AvgIpc) is 3.44. The summed E-state index contributed by atoms with van der Waals surface area (Å²) in [5, 5.41) is 17.2. The van der Waals surface area contributed by atoms with Crippen LogP contribution < -0.4 is 10.6 Å². The van der Waals surface area contributed by atoms with Crippen LogP contribution in [-0.4, -0.2) is 26.4 Å². The lowest BCUT2D eigenvalue weighted by Gasteiger charge is -2.11. The number of nitro groups is 1. The summed E-state index contributed by atoms with van der Waals surface area (Å²) in [5.41, 5.74) is 1.30. The molecular formula is C21H20FN5O3. The average molecular weight is 409 g/mol. The third-order valence-corrected chi connectivity index (χ3v) is 4.95. The highest BCUT2D eigenvalue weighted by atomic mass is 19.1. The second-order valence-corrected chi connectivity index (χ2v) is 7.22. The van der Waals surface area contributed by atoms with Crippen LogP contribution in [0.25, 0.3) is 5.69 Å². The largest absolute Gasteiger partial charge is 0.375 e. The lowest BCUT2D eigenvalue weighted by molar-refractivity contribution is -0.384. The van der Waals surface area contributed by atoms with Crippen molar-refractivity contribution in [2.75, 3.05) is 5.32 Å². The van der Waals surface area contributed by atoms with Gasteiger partial charge in [0.1, 0.15) is 17.3 Å². The van der Waals surface area contributed by atoms with Crippen LogP contribution in [-0.2, 0) is 6.54 Å². The molecule has 154 valence electrons. The topological polar surface area (TPSA) is 102 Å². The Hall–Kier alpha value is -3.75. The predicted octanol–water partition coefficient (Wildman–Crippen LogP) is 3.73. The van der Waals surface area contributed by atoms with Gasteiger partial charge in [0, 0.05) is 36.6 Å². The molecular weight excluding hydrogens is 389 g/mol. The molecule has 30 heavy (non-hydrogen) atoms. The number of benzene rings is 2.